The Morgan fingerprint density at radius 1 is 1.59 bits per heavy atom. The maximum Gasteiger partial charge on any atom is 0.379 e. The molecule has 0 saturated heterocycles. The van der Waals surface area contributed by atoms with Gasteiger partial charge in [0.2, 0.25) is 5.78 Å². The zero-order valence-electron chi connectivity index (χ0n) is 8.71. The molecule has 0 spiro atoms. The fourth-order valence-electron chi connectivity index (χ4n) is 1.08. The lowest BCUT2D eigenvalue weighted by molar-refractivity contribution is -0.303. The minimum absolute atomic E-state index is 0.795. The van der Waals surface area contributed by atoms with E-state index in [0.717, 1.165) is 6.92 Å². The van der Waals surface area contributed by atoms with Crippen LogP contribution in [0.5, 0.6) is 0 Å². The summed E-state index contributed by atoms with van der Waals surface area (Å²) in [6.07, 6.45) is -3.19. The predicted octanol–water partition coefficient (Wildman–Crippen LogP) is -3.03. The van der Waals surface area contributed by atoms with Crippen molar-refractivity contribution in [2.45, 2.75) is 19.1 Å². The van der Waals surface area contributed by atoms with Gasteiger partial charge in [-0.1, -0.05) is 0 Å². The van der Waals surface area contributed by atoms with E-state index >= 15 is 0 Å². The number of Topliss-reactive ketones (excluding diaryl/α,β-unsaturated/α-hetero) is 1. The van der Waals surface area contributed by atoms with Crippen LogP contribution in [0, 0.1) is 0 Å². The molecule has 0 aromatic rings. The number of cyclic esters (lactones) is 1. The average Bonchev–Trinajstić information content (AvgIpc) is 2.56. The minimum atomic E-state index is -1.61. The summed E-state index contributed by atoms with van der Waals surface area (Å²) in [7, 11) is 0. The molecule has 0 radical (unpaired) electrons. The smallest absolute Gasteiger partial charge is 0.379 e. The molecule has 1 aliphatic rings. The Labute approximate surface area is 95.1 Å². The SMILES string of the molecule is CC(=O)C(=O)OC1=C([O-])C(=O)OC1C(O)CO. The first-order valence-corrected chi connectivity index (χ1v) is 4.52. The second-order valence-electron chi connectivity index (χ2n) is 3.21. The zero-order valence-corrected chi connectivity index (χ0v) is 8.71. The Morgan fingerprint density at radius 3 is 2.65 bits per heavy atom. The normalized spacial score (nSPS) is 21.1. The summed E-state index contributed by atoms with van der Waals surface area (Å²) in [5.41, 5.74) is 0. The lowest BCUT2D eigenvalue weighted by atomic mass is 10.2. The third kappa shape index (κ3) is 2.60. The van der Waals surface area contributed by atoms with Crippen LogP contribution in [0.1, 0.15) is 6.92 Å². The van der Waals surface area contributed by atoms with Crippen molar-refractivity contribution in [3.8, 4) is 0 Å². The standard InChI is InChI=1S/C9H10O8/c1-3(11)8(14)17-7-5(13)9(15)16-6(7)4(12)2-10/h4,6,10,12-13H,2H2,1H3/p-1. The molecule has 1 aliphatic heterocycles. The number of carbonyl (C=O) groups excluding carboxylic acids is 3. The van der Waals surface area contributed by atoms with Gasteiger partial charge >= 0.3 is 11.9 Å². The van der Waals surface area contributed by atoms with Crippen LogP contribution in [0.4, 0.5) is 0 Å². The van der Waals surface area contributed by atoms with Crippen molar-refractivity contribution < 1.29 is 39.2 Å². The van der Waals surface area contributed by atoms with Crippen molar-refractivity contribution in [3.63, 3.8) is 0 Å². The molecule has 17 heavy (non-hydrogen) atoms. The monoisotopic (exact) mass is 245 g/mol. The molecule has 2 unspecified atom stereocenters. The molecule has 0 aliphatic carbocycles. The topological polar surface area (TPSA) is 133 Å². The van der Waals surface area contributed by atoms with Crippen LogP contribution < -0.4 is 5.11 Å². The number of ketones is 1. The second-order valence-corrected chi connectivity index (χ2v) is 3.21. The van der Waals surface area contributed by atoms with Crippen LogP contribution in [0.3, 0.4) is 0 Å². The fourth-order valence-corrected chi connectivity index (χ4v) is 1.08. The molecule has 2 atom stereocenters. The molecule has 2 N–H and O–H groups in total. The Kier molecular flexibility index (Phi) is 3.81. The van der Waals surface area contributed by atoms with Crippen molar-refractivity contribution in [2.75, 3.05) is 6.61 Å². The summed E-state index contributed by atoms with van der Waals surface area (Å²) in [5.74, 6) is -5.73. The minimum Gasteiger partial charge on any atom is -0.865 e. The second kappa shape index (κ2) is 4.93. The lowest BCUT2D eigenvalue weighted by Crippen LogP contribution is -2.33. The number of rotatable bonds is 4. The first-order valence-electron chi connectivity index (χ1n) is 4.52. The molecule has 0 aromatic heterocycles. The van der Waals surface area contributed by atoms with Crippen molar-refractivity contribution in [2.24, 2.45) is 0 Å². The van der Waals surface area contributed by atoms with E-state index in [9.17, 15) is 24.6 Å². The molecular formula is C9H9O8-. The molecule has 94 valence electrons. The quantitative estimate of drug-likeness (QED) is 0.394. The van der Waals surface area contributed by atoms with Gasteiger partial charge in [0.1, 0.15) is 6.10 Å². The number of hydrogen-bond acceptors (Lipinski definition) is 8. The first kappa shape index (κ1) is 13.1. The number of carbonyl (C=O) groups is 3. The van der Waals surface area contributed by atoms with Crippen LogP contribution >= 0.6 is 0 Å². The van der Waals surface area contributed by atoms with E-state index in [1.807, 2.05) is 0 Å². The maximum atomic E-state index is 11.2. The van der Waals surface area contributed by atoms with Crippen molar-refractivity contribution in [1.82, 2.24) is 0 Å². The molecule has 0 bridgehead atoms. The molecule has 8 heteroatoms. The van der Waals surface area contributed by atoms with E-state index in [-0.39, 0.29) is 0 Å². The molecule has 1 heterocycles. The van der Waals surface area contributed by atoms with Gasteiger partial charge in [-0.25, -0.2) is 9.59 Å². The van der Waals surface area contributed by atoms with E-state index in [4.69, 9.17) is 5.11 Å². The highest BCUT2D eigenvalue weighted by atomic mass is 16.6. The Hall–Kier alpha value is -1.93. The van der Waals surface area contributed by atoms with Crippen molar-refractivity contribution in [1.29, 1.82) is 0 Å². The van der Waals surface area contributed by atoms with Gasteiger partial charge in [0.05, 0.1) is 6.61 Å². The summed E-state index contributed by atoms with van der Waals surface area (Å²) in [4.78, 5) is 32.5. The fraction of sp³-hybridized carbons (Fsp3) is 0.444. The van der Waals surface area contributed by atoms with E-state index in [2.05, 4.69) is 9.47 Å². The van der Waals surface area contributed by atoms with Crippen LogP contribution in [0.2, 0.25) is 0 Å². The van der Waals surface area contributed by atoms with Gasteiger partial charge in [0.15, 0.2) is 11.9 Å². The maximum absolute atomic E-state index is 11.2. The highest BCUT2D eigenvalue weighted by Crippen LogP contribution is 2.23. The summed E-state index contributed by atoms with van der Waals surface area (Å²) < 4.78 is 8.75. The van der Waals surface area contributed by atoms with E-state index in [1.165, 1.54) is 0 Å². The van der Waals surface area contributed by atoms with Crippen LogP contribution in [-0.2, 0) is 23.9 Å². The van der Waals surface area contributed by atoms with Gasteiger partial charge in [0, 0.05) is 12.7 Å². The summed E-state index contributed by atoms with van der Waals surface area (Å²) in [6, 6.07) is 0. The Bertz CT molecular complexity index is 396. The van der Waals surface area contributed by atoms with Gasteiger partial charge in [-0.05, 0) is 0 Å². The first-order chi connectivity index (χ1) is 7.88. The highest BCUT2D eigenvalue weighted by Gasteiger charge is 2.37. The number of aliphatic hydroxyl groups is 2. The molecule has 1 rings (SSSR count). The number of hydrogen-bond donors (Lipinski definition) is 2. The Balaban J connectivity index is 2.94. The summed E-state index contributed by atoms with van der Waals surface area (Å²) in [6.45, 7) is 0.0921. The van der Waals surface area contributed by atoms with Gasteiger partial charge in [-0.15, -0.1) is 0 Å². The molecule has 8 nitrogen and oxygen atoms in total. The average molecular weight is 245 g/mol. The third-order valence-corrected chi connectivity index (χ3v) is 1.93. The third-order valence-electron chi connectivity index (χ3n) is 1.93. The van der Waals surface area contributed by atoms with Gasteiger partial charge in [-0.3, -0.25) is 4.79 Å². The van der Waals surface area contributed by atoms with Crippen LogP contribution in [0.15, 0.2) is 11.5 Å². The molecule has 0 aromatic carbocycles. The van der Waals surface area contributed by atoms with E-state index in [0.29, 0.717) is 0 Å². The van der Waals surface area contributed by atoms with Gasteiger partial charge < -0.3 is 24.8 Å². The summed E-state index contributed by atoms with van der Waals surface area (Å²) >= 11 is 0. The molecule has 0 saturated carbocycles. The zero-order chi connectivity index (χ0) is 13.2. The number of ether oxygens (including phenoxy) is 2. The number of esters is 2. The summed E-state index contributed by atoms with van der Waals surface area (Å²) in [5, 5.41) is 29.1. The molecule has 0 amide bonds. The van der Waals surface area contributed by atoms with Crippen molar-refractivity contribution in [3.05, 3.63) is 11.5 Å². The predicted molar refractivity (Wildman–Crippen MR) is 46.8 cm³/mol. The van der Waals surface area contributed by atoms with Gasteiger partial charge in [-0.2, -0.15) is 0 Å². The van der Waals surface area contributed by atoms with Gasteiger partial charge in [0.25, 0.3) is 0 Å². The van der Waals surface area contributed by atoms with Crippen LogP contribution in [0.25, 0.3) is 0 Å². The van der Waals surface area contributed by atoms with E-state index < -0.39 is 48.1 Å². The lowest BCUT2D eigenvalue weighted by Gasteiger charge is -2.18. The largest absolute Gasteiger partial charge is 0.865 e. The Morgan fingerprint density at radius 2 is 2.18 bits per heavy atom. The van der Waals surface area contributed by atoms with Crippen LogP contribution in [-0.4, -0.2) is 46.7 Å². The molecular weight excluding hydrogens is 236 g/mol. The number of aliphatic hydroxyl groups excluding tert-OH is 2. The van der Waals surface area contributed by atoms with E-state index in [1.54, 1.807) is 0 Å². The molecule has 0 fully saturated rings. The highest BCUT2D eigenvalue weighted by molar-refractivity contribution is 6.32. The van der Waals surface area contributed by atoms with Crippen molar-refractivity contribution >= 4 is 17.7 Å².